The summed E-state index contributed by atoms with van der Waals surface area (Å²) in [7, 11) is 0. The Balaban J connectivity index is 1.51. The zero-order valence-corrected chi connectivity index (χ0v) is 32.9. The fourth-order valence-electron chi connectivity index (χ4n) is 6.10. The minimum atomic E-state index is -1.71. The number of thiol groups is 1. The highest BCUT2D eigenvalue weighted by Crippen LogP contribution is 2.20. The molecular formula is C40H47N7O12S. The number of hydrogen-bond donors (Lipinski definition) is 13. The molecule has 320 valence electrons. The van der Waals surface area contributed by atoms with E-state index in [9.17, 15) is 59.1 Å². The Bertz CT molecular complexity index is 2150. The molecule has 0 aliphatic heterocycles. The first-order valence-electron chi connectivity index (χ1n) is 18.6. The molecule has 0 bridgehead atoms. The van der Waals surface area contributed by atoms with Gasteiger partial charge in [0.25, 0.3) is 0 Å². The molecule has 0 saturated heterocycles. The van der Waals surface area contributed by atoms with Crippen LogP contribution in [0.5, 0.6) is 11.5 Å². The van der Waals surface area contributed by atoms with E-state index in [1.807, 2.05) is 0 Å². The number of carboxylic acid groups (broad SMARTS) is 2. The summed E-state index contributed by atoms with van der Waals surface area (Å²) in [5.41, 5.74) is 8.44. The Morgan fingerprint density at radius 1 is 0.617 bits per heavy atom. The van der Waals surface area contributed by atoms with Crippen molar-refractivity contribution in [1.82, 2.24) is 31.6 Å². The average molecular weight is 850 g/mol. The van der Waals surface area contributed by atoms with Crippen LogP contribution in [0, 0.1) is 0 Å². The van der Waals surface area contributed by atoms with Crippen molar-refractivity contribution in [3.05, 3.63) is 95.7 Å². The standard InChI is InChI=1S/C40H47N7O12S/c41-27(16-21-4-8-24(49)9-5-21)35(53)43-29(12-13-34(51)52)36(54)44-30(18-23-2-1-3-28-26(23)14-15-42-28)37(55)46-32(19-48)38(56)47-33(20-60)39(57)45-31(40(58)59)17-22-6-10-25(50)11-7-22/h1-11,14-15,27,29-33,42,48-50,60H,12-13,16-20,41H2,(H,43,53)(H,44,54)(H,45,57)(H,46,55)(H,47,56)(H,51,52)(H,58,59)/t27-,29-,30-,31-,32-,33-/m1/s1. The highest BCUT2D eigenvalue weighted by atomic mass is 32.1. The summed E-state index contributed by atoms with van der Waals surface area (Å²) in [6.45, 7) is -0.985. The number of rotatable bonds is 22. The summed E-state index contributed by atoms with van der Waals surface area (Å²) < 4.78 is 0. The van der Waals surface area contributed by atoms with Crippen LogP contribution < -0.4 is 32.3 Å². The number of aliphatic hydroxyl groups excluding tert-OH is 1. The lowest BCUT2D eigenvalue weighted by Gasteiger charge is -2.26. The molecule has 1 heterocycles. The van der Waals surface area contributed by atoms with Gasteiger partial charge in [-0.25, -0.2) is 4.79 Å². The first-order chi connectivity index (χ1) is 28.6. The number of phenols is 2. The fourth-order valence-corrected chi connectivity index (χ4v) is 6.35. The third kappa shape index (κ3) is 13.5. The van der Waals surface area contributed by atoms with Gasteiger partial charge in [-0.1, -0.05) is 36.4 Å². The number of nitrogens with two attached hydrogens (primary N) is 1. The van der Waals surface area contributed by atoms with Gasteiger partial charge in [-0.2, -0.15) is 12.6 Å². The number of amides is 5. The number of aromatic nitrogens is 1. The summed E-state index contributed by atoms with van der Waals surface area (Å²) in [6, 6.07) is 9.69. The van der Waals surface area contributed by atoms with Gasteiger partial charge in [-0.15, -0.1) is 0 Å². The van der Waals surface area contributed by atoms with Crippen molar-refractivity contribution in [1.29, 1.82) is 0 Å². The number of aromatic amines is 1. The van der Waals surface area contributed by atoms with Crippen molar-refractivity contribution in [3.8, 4) is 11.5 Å². The van der Waals surface area contributed by atoms with Crippen molar-refractivity contribution in [2.24, 2.45) is 5.73 Å². The van der Waals surface area contributed by atoms with Crippen LogP contribution in [0.2, 0.25) is 0 Å². The first kappa shape index (κ1) is 46.1. The summed E-state index contributed by atoms with van der Waals surface area (Å²) in [5, 5.41) is 61.2. The first-order valence-corrected chi connectivity index (χ1v) is 19.3. The number of phenolic OH excluding ortho intramolecular Hbond substituents is 2. The SMILES string of the molecule is N[C@H](Cc1ccc(O)cc1)C(=O)N[C@H](CCC(=O)O)C(=O)N[C@H](Cc1cccc2[nH]ccc12)C(=O)N[C@H](CO)C(=O)N[C@H](CS)C(=O)N[C@H](Cc1ccc(O)cc1)C(=O)O. The number of carbonyl (C=O) groups is 7. The molecule has 4 aromatic rings. The van der Waals surface area contributed by atoms with Crippen molar-refractivity contribution in [2.45, 2.75) is 68.4 Å². The molecule has 0 unspecified atom stereocenters. The van der Waals surface area contributed by atoms with Crippen molar-refractivity contribution >= 4 is 65.0 Å². The Morgan fingerprint density at radius 2 is 1.13 bits per heavy atom. The third-order valence-electron chi connectivity index (χ3n) is 9.37. The lowest BCUT2D eigenvalue weighted by molar-refractivity contribution is -0.142. The molecule has 0 spiro atoms. The largest absolute Gasteiger partial charge is 0.508 e. The second-order valence-electron chi connectivity index (χ2n) is 13.8. The normalized spacial score (nSPS) is 14.1. The van der Waals surface area contributed by atoms with Crippen molar-refractivity contribution in [3.63, 3.8) is 0 Å². The summed E-state index contributed by atoms with van der Waals surface area (Å²) >= 11 is 4.11. The number of benzene rings is 3. The van der Waals surface area contributed by atoms with E-state index in [2.05, 4.69) is 44.2 Å². The summed E-state index contributed by atoms with van der Waals surface area (Å²) in [6.07, 6.45) is 0.361. The van der Waals surface area contributed by atoms with Crippen LogP contribution in [0.15, 0.2) is 79.0 Å². The Hall–Kier alpha value is -6.64. The quantitative estimate of drug-likeness (QED) is 0.0433. The third-order valence-corrected chi connectivity index (χ3v) is 9.74. The van der Waals surface area contributed by atoms with E-state index in [0.29, 0.717) is 27.6 Å². The number of aromatic hydroxyl groups is 2. The fraction of sp³-hybridized carbons (Fsp3) is 0.325. The van der Waals surface area contributed by atoms with E-state index in [4.69, 9.17) is 5.73 Å². The van der Waals surface area contributed by atoms with E-state index < -0.39 is 97.2 Å². The minimum absolute atomic E-state index is 0.00125. The zero-order chi connectivity index (χ0) is 43.9. The maximum atomic E-state index is 14.0. The molecule has 3 aromatic carbocycles. The number of carbonyl (C=O) groups excluding carboxylic acids is 5. The molecule has 60 heavy (non-hydrogen) atoms. The van der Waals surface area contributed by atoms with E-state index in [1.165, 1.54) is 36.4 Å². The van der Waals surface area contributed by atoms with E-state index >= 15 is 0 Å². The van der Waals surface area contributed by atoms with Crippen LogP contribution in [-0.4, -0.2) is 121 Å². The Labute approximate surface area is 348 Å². The number of nitrogens with one attached hydrogen (secondary N) is 6. The summed E-state index contributed by atoms with van der Waals surface area (Å²) in [4.78, 5) is 94.0. The van der Waals surface area contributed by atoms with Gasteiger partial charge in [-0.05, 0) is 65.9 Å². The van der Waals surface area contributed by atoms with Crippen LogP contribution >= 0.6 is 12.6 Å². The smallest absolute Gasteiger partial charge is 0.326 e. The molecule has 0 saturated carbocycles. The second kappa shape index (κ2) is 21.9. The second-order valence-corrected chi connectivity index (χ2v) is 14.2. The van der Waals surface area contributed by atoms with Crippen LogP contribution in [0.4, 0.5) is 0 Å². The van der Waals surface area contributed by atoms with Gasteiger partial charge >= 0.3 is 11.9 Å². The molecule has 4 rings (SSSR count). The maximum Gasteiger partial charge on any atom is 0.326 e. The van der Waals surface area contributed by atoms with E-state index in [-0.39, 0.29) is 36.5 Å². The molecule has 6 atom stereocenters. The van der Waals surface area contributed by atoms with Crippen molar-refractivity contribution < 1.29 is 59.1 Å². The summed E-state index contributed by atoms with van der Waals surface area (Å²) in [5.74, 6) is -7.76. The van der Waals surface area contributed by atoms with E-state index in [1.54, 1.807) is 42.6 Å². The molecule has 0 aliphatic carbocycles. The van der Waals surface area contributed by atoms with Crippen LogP contribution in [0.3, 0.4) is 0 Å². The maximum absolute atomic E-state index is 14.0. The van der Waals surface area contributed by atoms with E-state index in [0.717, 1.165) is 0 Å². The van der Waals surface area contributed by atoms with Gasteiger partial charge in [0.1, 0.15) is 41.7 Å². The highest BCUT2D eigenvalue weighted by molar-refractivity contribution is 7.80. The average Bonchev–Trinajstić information content (AvgIpc) is 3.71. The lowest BCUT2D eigenvalue weighted by atomic mass is 10.00. The highest BCUT2D eigenvalue weighted by Gasteiger charge is 2.33. The molecule has 19 nitrogen and oxygen atoms in total. The minimum Gasteiger partial charge on any atom is -0.508 e. The molecule has 5 amide bonds. The van der Waals surface area contributed by atoms with Gasteiger partial charge in [0.05, 0.1) is 12.6 Å². The molecular weight excluding hydrogens is 803 g/mol. The topological polar surface area (TPSA) is 323 Å². The molecule has 0 radical (unpaired) electrons. The van der Waals surface area contributed by atoms with Crippen LogP contribution in [0.25, 0.3) is 10.9 Å². The monoisotopic (exact) mass is 849 g/mol. The number of hydrogen-bond acceptors (Lipinski definition) is 12. The number of aliphatic hydroxyl groups is 1. The number of aliphatic carboxylic acids is 2. The molecule has 1 aromatic heterocycles. The predicted octanol–water partition coefficient (Wildman–Crippen LogP) is -0.770. The number of carboxylic acids is 2. The van der Waals surface area contributed by atoms with Gasteiger partial charge in [0.15, 0.2) is 0 Å². The Morgan fingerprint density at radius 3 is 1.72 bits per heavy atom. The number of fused-ring (bicyclic) bond motifs is 1. The lowest BCUT2D eigenvalue weighted by Crippen LogP contribution is -2.60. The van der Waals surface area contributed by atoms with Gasteiger partial charge in [-0.3, -0.25) is 28.8 Å². The van der Waals surface area contributed by atoms with Crippen LogP contribution in [-0.2, 0) is 52.8 Å². The number of H-pyrrole nitrogens is 1. The molecule has 20 heteroatoms. The predicted molar refractivity (Wildman–Crippen MR) is 219 cm³/mol. The van der Waals surface area contributed by atoms with Gasteiger partial charge in [0.2, 0.25) is 29.5 Å². The van der Waals surface area contributed by atoms with Gasteiger partial charge < -0.3 is 62.8 Å². The Kier molecular flexibility index (Phi) is 16.8. The molecule has 0 aliphatic rings. The van der Waals surface area contributed by atoms with Gasteiger partial charge in [0, 0.05) is 42.1 Å². The molecule has 13 N–H and O–H groups in total. The van der Waals surface area contributed by atoms with Crippen LogP contribution in [0.1, 0.15) is 29.5 Å². The molecule has 0 fully saturated rings. The van der Waals surface area contributed by atoms with Crippen molar-refractivity contribution in [2.75, 3.05) is 12.4 Å². The zero-order valence-electron chi connectivity index (χ0n) is 32.0.